The second-order valence-corrected chi connectivity index (χ2v) is 6.47. The molecule has 1 aromatic carbocycles. The molecule has 2 aromatic heterocycles. The average molecular weight is 399 g/mol. The summed E-state index contributed by atoms with van der Waals surface area (Å²) in [5.41, 5.74) is 1.39. The summed E-state index contributed by atoms with van der Waals surface area (Å²) >= 11 is 0. The van der Waals surface area contributed by atoms with Crippen LogP contribution in [0, 0.1) is 22.9 Å². The number of rotatable bonds is 6. The van der Waals surface area contributed by atoms with Gasteiger partial charge in [0.1, 0.15) is 12.4 Å². The third-order valence-corrected chi connectivity index (χ3v) is 4.46. The maximum atomic E-state index is 13.1. The van der Waals surface area contributed by atoms with Gasteiger partial charge < -0.3 is 5.32 Å². The van der Waals surface area contributed by atoms with Gasteiger partial charge in [-0.15, -0.1) is 0 Å². The number of halogens is 1. The molecule has 2 heterocycles. The quantitative estimate of drug-likeness (QED) is 0.505. The zero-order valence-electron chi connectivity index (χ0n) is 15.7. The highest BCUT2D eigenvalue weighted by Crippen LogP contribution is 2.20. The Bertz CT molecular complexity index is 1120. The molecule has 0 bridgehead atoms. The Labute approximate surface area is 164 Å². The predicted molar refractivity (Wildman–Crippen MR) is 102 cm³/mol. The van der Waals surface area contributed by atoms with Crippen molar-refractivity contribution >= 4 is 11.6 Å². The van der Waals surface area contributed by atoms with Crippen molar-refractivity contribution in [2.75, 3.05) is 0 Å². The fourth-order valence-electron chi connectivity index (χ4n) is 2.96. The summed E-state index contributed by atoms with van der Waals surface area (Å²) in [4.78, 5) is 34.4. The fourth-order valence-corrected chi connectivity index (χ4v) is 2.96. The normalized spacial score (nSPS) is 11.8. The van der Waals surface area contributed by atoms with Gasteiger partial charge in [-0.1, -0.05) is 0 Å². The van der Waals surface area contributed by atoms with Gasteiger partial charge in [-0.25, -0.2) is 9.07 Å². The summed E-state index contributed by atoms with van der Waals surface area (Å²) in [6.45, 7) is 3.22. The van der Waals surface area contributed by atoms with Crippen LogP contribution >= 0.6 is 0 Å². The molecule has 1 amide bonds. The number of nitrogens with one attached hydrogen (secondary N) is 1. The van der Waals surface area contributed by atoms with E-state index in [1.165, 1.54) is 12.1 Å². The van der Waals surface area contributed by atoms with Gasteiger partial charge in [-0.05, 0) is 38.1 Å². The van der Waals surface area contributed by atoms with Crippen LogP contribution in [0.1, 0.15) is 24.2 Å². The highest BCUT2D eigenvalue weighted by Gasteiger charge is 2.17. The molecule has 0 saturated heterocycles. The van der Waals surface area contributed by atoms with Crippen LogP contribution in [0.3, 0.4) is 0 Å². The lowest BCUT2D eigenvalue weighted by Gasteiger charge is -2.15. The standard InChI is InChI=1S/C19H18FN5O4/c1-12(17-9-21-24(13(17)2)15-5-3-14(20)4-6-15)22-18(26)11-23-10-16(25(28)29)7-8-19(23)27/h3-10,12H,11H2,1-2H3,(H,22,26). The van der Waals surface area contributed by atoms with E-state index in [1.54, 1.807) is 29.9 Å². The van der Waals surface area contributed by atoms with E-state index < -0.39 is 22.4 Å². The number of aromatic nitrogens is 3. The first kappa shape index (κ1) is 19.9. The summed E-state index contributed by atoms with van der Waals surface area (Å²) in [7, 11) is 0. The molecule has 3 aromatic rings. The number of pyridine rings is 1. The van der Waals surface area contributed by atoms with E-state index in [9.17, 15) is 24.1 Å². The molecule has 10 heteroatoms. The molecular formula is C19H18FN5O4. The first-order chi connectivity index (χ1) is 13.8. The first-order valence-electron chi connectivity index (χ1n) is 8.71. The Morgan fingerprint density at radius 3 is 2.62 bits per heavy atom. The summed E-state index contributed by atoms with van der Waals surface area (Å²) in [5.74, 6) is -0.829. The molecule has 0 aliphatic rings. The van der Waals surface area contributed by atoms with Crippen LogP contribution in [0.5, 0.6) is 0 Å². The van der Waals surface area contributed by atoms with Crippen LogP contribution in [-0.4, -0.2) is 25.2 Å². The SMILES string of the molecule is Cc1c(C(C)NC(=O)Cn2cc([N+](=O)[O-])ccc2=O)cnn1-c1ccc(F)cc1. The molecule has 1 N–H and O–H groups in total. The Hall–Kier alpha value is -3.82. The van der Waals surface area contributed by atoms with Gasteiger partial charge in [0, 0.05) is 23.4 Å². The van der Waals surface area contributed by atoms with Gasteiger partial charge in [0.15, 0.2) is 0 Å². The summed E-state index contributed by atoms with van der Waals surface area (Å²) in [5, 5.41) is 17.9. The van der Waals surface area contributed by atoms with Gasteiger partial charge >= 0.3 is 0 Å². The summed E-state index contributed by atoms with van der Waals surface area (Å²) < 4.78 is 15.7. The molecule has 1 unspecified atom stereocenters. The van der Waals surface area contributed by atoms with Crippen molar-refractivity contribution in [3.05, 3.63) is 86.3 Å². The summed E-state index contributed by atoms with van der Waals surface area (Å²) in [6.07, 6.45) is 2.63. The zero-order chi connectivity index (χ0) is 21.1. The maximum absolute atomic E-state index is 13.1. The highest BCUT2D eigenvalue weighted by atomic mass is 19.1. The van der Waals surface area contributed by atoms with Crippen molar-refractivity contribution in [3.8, 4) is 5.69 Å². The first-order valence-corrected chi connectivity index (χ1v) is 8.71. The van der Waals surface area contributed by atoms with Crippen molar-refractivity contribution in [2.24, 2.45) is 0 Å². The molecule has 0 radical (unpaired) electrons. The molecule has 0 saturated carbocycles. The molecule has 3 rings (SSSR count). The third-order valence-electron chi connectivity index (χ3n) is 4.46. The van der Waals surface area contributed by atoms with E-state index in [-0.39, 0.29) is 18.0 Å². The average Bonchev–Trinajstić information content (AvgIpc) is 3.05. The predicted octanol–water partition coefficient (Wildman–Crippen LogP) is 2.27. The number of carbonyl (C=O) groups is 1. The van der Waals surface area contributed by atoms with Crippen molar-refractivity contribution in [1.82, 2.24) is 19.7 Å². The Morgan fingerprint density at radius 2 is 1.97 bits per heavy atom. The number of hydrogen-bond donors (Lipinski definition) is 1. The molecule has 0 aliphatic heterocycles. The Balaban J connectivity index is 1.74. The van der Waals surface area contributed by atoms with Crippen LogP contribution in [0.2, 0.25) is 0 Å². The van der Waals surface area contributed by atoms with E-state index in [4.69, 9.17) is 0 Å². The van der Waals surface area contributed by atoms with Crippen molar-refractivity contribution < 1.29 is 14.1 Å². The van der Waals surface area contributed by atoms with Crippen molar-refractivity contribution in [3.63, 3.8) is 0 Å². The highest BCUT2D eigenvalue weighted by molar-refractivity contribution is 5.76. The molecule has 29 heavy (non-hydrogen) atoms. The second-order valence-electron chi connectivity index (χ2n) is 6.47. The number of benzene rings is 1. The van der Waals surface area contributed by atoms with Crippen LogP contribution in [0.25, 0.3) is 5.69 Å². The molecular weight excluding hydrogens is 381 g/mol. The van der Waals surface area contributed by atoms with Gasteiger partial charge in [-0.2, -0.15) is 5.10 Å². The molecule has 150 valence electrons. The zero-order valence-corrected chi connectivity index (χ0v) is 15.7. The summed E-state index contributed by atoms with van der Waals surface area (Å²) in [6, 6.07) is 7.56. The van der Waals surface area contributed by atoms with Gasteiger partial charge in [0.05, 0.1) is 29.0 Å². The van der Waals surface area contributed by atoms with Crippen LogP contribution in [0.15, 0.2) is 53.6 Å². The van der Waals surface area contributed by atoms with E-state index in [2.05, 4.69) is 10.4 Å². The third kappa shape index (κ3) is 4.37. The molecule has 9 nitrogen and oxygen atoms in total. The van der Waals surface area contributed by atoms with E-state index >= 15 is 0 Å². The number of amides is 1. The number of nitro groups is 1. The van der Waals surface area contributed by atoms with Crippen LogP contribution in [-0.2, 0) is 11.3 Å². The number of hydrogen-bond acceptors (Lipinski definition) is 5. The van der Waals surface area contributed by atoms with Gasteiger partial charge in [-0.3, -0.25) is 24.3 Å². The van der Waals surface area contributed by atoms with Crippen LogP contribution in [0.4, 0.5) is 10.1 Å². The topological polar surface area (TPSA) is 112 Å². The molecule has 0 fully saturated rings. The minimum atomic E-state index is -0.635. The molecule has 1 atom stereocenters. The maximum Gasteiger partial charge on any atom is 0.285 e. The minimum Gasteiger partial charge on any atom is -0.348 e. The monoisotopic (exact) mass is 399 g/mol. The second kappa shape index (κ2) is 8.05. The Kier molecular flexibility index (Phi) is 5.53. The number of nitrogens with zero attached hydrogens (tertiary/aromatic N) is 4. The van der Waals surface area contributed by atoms with E-state index in [0.29, 0.717) is 5.69 Å². The molecule has 0 aliphatic carbocycles. The van der Waals surface area contributed by atoms with Crippen LogP contribution < -0.4 is 10.9 Å². The minimum absolute atomic E-state index is 0.276. The lowest BCUT2D eigenvalue weighted by atomic mass is 10.1. The van der Waals surface area contributed by atoms with Crippen molar-refractivity contribution in [2.45, 2.75) is 26.4 Å². The van der Waals surface area contributed by atoms with E-state index in [1.807, 2.05) is 6.92 Å². The molecule has 0 spiro atoms. The van der Waals surface area contributed by atoms with Gasteiger partial charge in [0.25, 0.3) is 11.2 Å². The largest absolute Gasteiger partial charge is 0.348 e. The van der Waals surface area contributed by atoms with Crippen molar-refractivity contribution in [1.29, 1.82) is 0 Å². The smallest absolute Gasteiger partial charge is 0.285 e. The Morgan fingerprint density at radius 1 is 1.28 bits per heavy atom. The lowest BCUT2D eigenvalue weighted by Crippen LogP contribution is -2.33. The number of carbonyl (C=O) groups excluding carboxylic acids is 1. The fraction of sp³-hybridized carbons (Fsp3) is 0.211. The van der Waals surface area contributed by atoms with Gasteiger partial charge in [0.2, 0.25) is 5.91 Å². The lowest BCUT2D eigenvalue weighted by molar-refractivity contribution is -0.385. The van der Waals surface area contributed by atoms with E-state index in [0.717, 1.165) is 34.2 Å².